The molecule has 3 aromatic carbocycles. The monoisotopic (exact) mass is 498 g/mol. The van der Waals surface area contributed by atoms with Crippen molar-refractivity contribution in [1.82, 2.24) is 20.4 Å². The van der Waals surface area contributed by atoms with E-state index in [4.69, 9.17) is 21.7 Å². The summed E-state index contributed by atoms with van der Waals surface area (Å²) in [5.41, 5.74) is 6.38. The van der Waals surface area contributed by atoms with Crippen molar-refractivity contribution in [3.63, 3.8) is 0 Å². The van der Waals surface area contributed by atoms with E-state index in [0.29, 0.717) is 23.4 Å². The molecule has 0 bridgehead atoms. The van der Waals surface area contributed by atoms with Gasteiger partial charge in [0.25, 0.3) is 5.89 Å². The van der Waals surface area contributed by atoms with Gasteiger partial charge in [0.05, 0.1) is 18.2 Å². The van der Waals surface area contributed by atoms with Gasteiger partial charge in [0.1, 0.15) is 0 Å². The van der Waals surface area contributed by atoms with E-state index in [1.807, 2.05) is 30.3 Å². The molecule has 0 aliphatic carbocycles. The molecule has 35 heavy (non-hydrogen) atoms. The first kappa shape index (κ1) is 23.3. The third kappa shape index (κ3) is 4.74. The summed E-state index contributed by atoms with van der Waals surface area (Å²) < 4.78 is 5.85. The highest BCUT2D eigenvalue weighted by Crippen LogP contribution is 2.38. The summed E-state index contributed by atoms with van der Waals surface area (Å²) in [4.78, 5) is 8.12. The van der Waals surface area contributed by atoms with Crippen LogP contribution in [-0.2, 0) is 6.54 Å². The van der Waals surface area contributed by atoms with Crippen LogP contribution in [0.15, 0.2) is 94.0 Å². The van der Waals surface area contributed by atoms with E-state index in [0.717, 1.165) is 22.4 Å². The minimum absolute atomic E-state index is 0.199. The topological polar surface area (TPSA) is 54.2 Å². The van der Waals surface area contributed by atoms with Gasteiger partial charge in [-0.15, -0.1) is 11.8 Å². The van der Waals surface area contributed by atoms with E-state index < -0.39 is 0 Å². The Kier molecular flexibility index (Phi) is 6.70. The molecule has 176 valence electrons. The lowest BCUT2D eigenvalue weighted by atomic mass is 9.94. The van der Waals surface area contributed by atoms with E-state index in [9.17, 15) is 0 Å². The second kappa shape index (κ2) is 10.1. The number of hydrogen-bond acceptors (Lipinski definition) is 5. The average molecular weight is 499 g/mol. The molecule has 0 radical (unpaired) electrons. The molecule has 0 amide bonds. The van der Waals surface area contributed by atoms with E-state index in [1.165, 1.54) is 16.0 Å². The summed E-state index contributed by atoms with van der Waals surface area (Å²) in [6, 6.07) is 26.6. The number of nitrogens with zero attached hydrogens (tertiary/aromatic N) is 3. The van der Waals surface area contributed by atoms with Crippen LogP contribution in [-0.4, -0.2) is 26.4 Å². The Balaban J connectivity index is 1.60. The van der Waals surface area contributed by atoms with Crippen molar-refractivity contribution in [2.45, 2.75) is 31.3 Å². The molecule has 4 aromatic rings. The van der Waals surface area contributed by atoms with Gasteiger partial charge in [0, 0.05) is 16.2 Å². The molecule has 7 heteroatoms. The van der Waals surface area contributed by atoms with Crippen molar-refractivity contribution in [3.8, 4) is 11.4 Å². The summed E-state index contributed by atoms with van der Waals surface area (Å²) in [6.45, 7) is 4.86. The van der Waals surface area contributed by atoms with Gasteiger partial charge in [-0.2, -0.15) is 4.98 Å². The molecule has 1 unspecified atom stereocenters. The van der Waals surface area contributed by atoms with Crippen molar-refractivity contribution >= 4 is 34.7 Å². The van der Waals surface area contributed by atoms with Crippen LogP contribution < -0.4 is 5.32 Å². The fourth-order valence-corrected chi connectivity index (χ4v) is 5.02. The smallest absolute Gasteiger partial charge is 0.258 e. The van der Waals surface area contributed by atoms with Crippen molar-refractivity contribution in [1.29, 1.82) is 0 Å². The van der Waals surface area contributed by atoms with Gasteiger partial charge < -0.3 is 14.7 Å². The van der Waals surface area contributed by atoms with E-state index in [1.54, 1.807) is 11.8 Å². The average Bonchev–Trinajstić information content (AvgIpc) is 3.37. The molecule has 1 atom stereocenters. The molecule has 5 nitrogen and oxygen atoms in total. The van der Waals surface area contributed by atoms with Crippen LogP contribution in [0.25, 0.3) is 17.0 Å². The van der Waals surface area contributed by atoms with Crippen molar-refractivity contribution in [2.24, 2.45) is 0 Å². The number of thiocarbonyl (C=S) groups is 1. The maximum Gasteiger partial charge on any atom is 0.258 e. The van der Waals surface area contributed by atoms with Crippen molar-refractivity contribution in [2.75, 3.05) is 6.26 Å². The summed E-state index contributed by atoms with van der Waals surface area (Å²) in [5, 5.41) is 8.52. The Morgan fingerprint density at radius 3 is 2.40 bits per heavy atom. The van der Waals surface area contributed by atoms with Gasteiger partial charge in [-0.1, -0.05) is 71.9 Å². The first-order valence-corrected chi connectivity index (χ1v) is 13.0. The molecule has 0 fully saturated rings. The van der Waals surface area contributed by atoms with Gasteiger partial charge in [-0.25, -0.2) is 0 Å². The highest BCUT2D eigenvalue weighted by Gasteiger charge is 2.34. The maximum absolute atomic E-state index is 5.87. The van der Waals surface area contributed by atoms with Crippen LogP contribution >= 0.6 is 24.0 Å². The molecular weight excluding hydrogens is 472 g/mol. The summed E-state index contributed by atoms with van der Waals surface area (Å²) in [7, 11) is 0. The fourth-order valence-electron chi connectivity index (χ4n) is 4.29. The second-order valence-corrected chi connectivity index (χ2v) is 9.72. The molecule has 0 spiro atoms. The van der Waals surface area contributed by atoms with Crippen molar-refractivity contribution < 1.29 is 4.52 Å². The van der Waals surface area contributed by atoms with Crippen LogP contribution in [0.4, 0.5) is 0 Å². The molecule has 1 aromatic heterocycles. The van der Waals surface area contributed by atoms with Crippen LogP contribution in [0.2, 0.25) is 0 Å². The first-order valence-electron chi connectivity index (χ1n) is 11.4. The highest BCUT2D eigenvalue weighted by atomic mass is 32.2. The molecular formula is C28H26N4OS2. The lowest BCUT2D eigenvalue weighted by molar-refractivity contribution is 0.396. The minimum Gasteiger partial charge on any atom is -0.351 e. The standard InChI is InChI=1S/C28H26N4OS2/c1-18-9-7-8-12-22(18)17-32-19(2)24(27-30-26(31-33-27)21-10-5-4-6-11-21)25(29-28(32)34)20-13-15-23(35-3)16-14-20/h4-16,25H,17H2,1-3H3,(H,29,34). The molecule has 2 heterocycles. The Hall–Kier alpha value is -3.42. The molecule has 1 aliphatic rings. The minimum atomic E-state index is -0.199. The zero-order valence-corrected chi connectivity index (χ0v) is 21.5. The number of aryl methyl sites for hydroxylation is 1. The van der Waals surface area contributed by atoms with Gasteiger partial charge in [-0.3, -0.25) is 0 Å². The molecule has 0 saturated carbocycles. The normalized spacial score (nSPS) is 15.9. The number of nitrogens with one attached hydrogen (secondary N) is 1. The lowest BCUT2D eigenvalue weighted by Gasteiger charge is -2.37. The predicted octanol–water partition coefficient (Wildman–Crippen LogP) is 6.63. The van der Waals surface area contributed by atoms with E-state index in [-0.39, 0.29) is 6.04 Å². The summed E-state index contributed by atoms with van der Waals surface area (Å²) in [5.74, 6) is 1.06. The van der Waals surface area contributed by atoms with Gasteiger partial charge >= 0.3 is 0 Å². The number of hydrogen-bond donors (Lipinski definition) is 1. The van der Waals surface area contributed by atoms with Gasteiger partial charge in [-0.05, 0) is 61.1 Å². The Morgan fingerprint density at radius 2 is 1.69 bits per heavy atom. The number of rotatable bonds is 6. The van der Waals surface area contributed by atoms with Gasteiger partial charge in [0.2, 0.25) is 5.82 Å². The molecule has 5 rings (SSSR count). The zero-order chi connectivity index (χ0) is 24.4. The zero-order valence-electron chi connectivity index (χ0n) is 19.9. The van der Waals surface area contributed by atoms with Crippen LogP contribution in [0, 0.1) is 6.92 Å². The first-order chi connectivity index (χ1) is 17.0. The number of thioether (sulfide) groups is 1. The second-order valence-electron chi connectivity index (χ2n) is 8.46. The van der Waals surface area contributed by atoms with E-state index >= 15 is 0 Å². The molecule has 1 N–H and O–H groups in total. The molecule has 1 aliphatic heterocycles. The van der Waals surface area contributed by atoms with Crippen molar-refractivity contribution in [3.05, 3.63) is 107 Å². The van der Waals surface area contributed by atoms with Crippen LogP contribution in [0.3, 0.4) is 0 Å². The number of benzene rings is 3. The highest BCUT2D eigenvalue weighted by molar-refractivity contribution is 7.98. The number of aromatic nitrogens is 2. The maximum atomic E-state index is 5.87. The van der Waals surface area contributed by atoms with Crippen LogP contribution in [0.5, 0.6) is 0 Å². The fraction of sp³-hybridized carbons (Fsp3) is 0.179. The van der Waals surface area contributed by atoms with Gasteiger partial charge in [0.15, 0.2) is 5.11 Å². The Labute approximate surface area is 215 Å². The molecule has 0 saturated heterocycles. The van der Waals surface area contributed by atoms with E-state index in [2.05, 4.69) is 84.0 Å². The number of allylic oxidation sites excluding steroid dienone is 1. The third-order valence-electron chi connectivity index (χ3n) is 6.32. The van der Waals surface area contributed by atoms with Crippen LogP contribution in [0.1, 0.15) is 35.5 Å². The SMILES string of the molecule is CSc1ccc(C2NC(=S)N(Cc3ccccc3C)C(C)=C2c2nc(-c3ccccc3)no2)cc1. The summed E-state index contributed by atoms with van der Waals surface area (Å²) in [6.07, 6.45) is 2.07. The Bertz CT molecular complexity index is 1380. The largest absolute Gasteiger partial charge is 0.351 e. The summed E-state index contributed by atoms with van der Waals surface area (Å²) >= 11 is 7.59. The predicted molar refractivity (Wildman–Crippen MR) is 146 cm³/mol. The Morgan fingerprint density at radius 1 is 0.971 bits per heavy atom. The quantitative estimate of drug-likeness (QED) is 0.236. The lowest BCUT2D eigenvalue weighted by Crippen LogP contribution is -2.45. The third-order valence-corrected chi connectivity index (χ3v) is 7.41.